The second-order valence-corrected chi connectivity index (χ2v) is 6.10. The van der Waals surface area contributed by atoms with Crippen molar-refractivity contribution >= 4 is 37.8 Å². The predicted molar refractivity (Wildman–Crippen MR) is 80.2 cm³/mol. The summed E-state index contributed by atoms with van der Waals surface area (Å²) >= 11 is 6.83. The van der Waals surface area contributed by atoms with Crippen molar-refractivity contribution in [3.63, 3.8) is 0 Å². The van der Waals surface area contributed by atoms with Crippen LogP contribution in [0.5, 0.6) is 0 Å². The number of halogens is 2. The molecule has 0 aliphatic carbocycles. The normalized spacial score (nSPS) is 12.3. The molecule has 0 amide bonds. The highest BCUT2D eigenvalue weighted by molar-refractivity contribution is 9.11. The van der Waals surface area contributed by atoms with Crippen molar-refractivity contribution in [1.82, 2.24) is 20.2 Å². The van der Waals surface area contributed by atoms with Crippen molar-refractivity contribution in [3.8, 4) is 11.4 Å². The zero-order valence-electron chi connectivity index (χ0n) is 10.6. The number of hydrogen-bond donors (Lipinski definition) is 1. The Morgan fingerprint density at radius 3 is 2.55 bits per heavy atom. The van der Waals surface area contributed by atoms with Gasteiger partial charge >= 0.3 is 5.97 Å². The molecule has 8 heteroatoms. The quantitative estimate of drug-likeness (QED) is 0.828. The molecule has 1 unspecified atom stereocenters. The molecule has 1 N–H and O–H groups in total. The van der Waals surface area contributed by atoms with Crippen LogP contribution >= 0.6 is 31.9 Å². The lowest BCUT2D eigenvalue weighted by atomic mass is 10.1. The van der Waals surface area contributed by atoms with Crippen LogP contribution in [0.25, 0.3) is 11.4 Å². The van der Waals surface area contributed by atoms with E-state index in [0.29, 0.717) is 12.2 Å². The highest BCUT2D eigenvalue weighted by atomic mass is 79.9. The van der Waals surface area contributed by atoms with Gasteiger partial charge in [0.15, 0.2) is 5.82 Å². The van der Waals surface area contributed by atoms with Gasteiger partial charge in [-0.3, -0.25) is 4.79 Å². The van der Waals surface area contributed by atoms with Crippen LogP contribution in [0.2, 0.25) is 0 Å². The summed E-state index contributed by atoms with van der Waals surface area (Å²) in [6, 6.07) is 5.42. The van der Waals surface area contributed by atoms with E-state index in [2.05, 4.69) is 47.4 Å². The van der Waals surface area contributed by atoms with Gasteiger partial charge < -0.3 is 5.11 Å². The maximum Gasteiger partial charge on any atom is 0.305 e. The van der Waals surface area contributed by atoms with Crippen LogP contribution in [-0.2, 0) is 4.79 Å². The fourth-order valence-electron chi connectivity index (χ4n) is 1.92. The van der Waals surface area contributed by atoms with Gasteiger partial charge in [0.05, 0.1) is 12.5 Å². The minimum Gasteiger partial charge on any atom is -0.481 e. The second kappa shape index (κ2) is 6.45. The van der Waals surface area contributed by atoms with Crippen LogP contribution in [-0.4, -0.2) is 31.3 Å². The Morgan fingerprint density at radius 1 is 1.35 bits per heavy atom. The van der Waals surface area contributed by atoms with E-state index >= 15 is 0 Å². The van der Waals surface area contributed by atoms with Crippen molar-refractivity contribution < 1.29 is 9.90 Å². The zero-order valence-corrected chi connectivity index (χ0v) is 13.8. The smallest absolute Gasteiger partial charge is 0.305 e. The molecule has 1 atom stereocenters. The van der Waals surface area contributed by atoms with Crippen molar-refractivity contribution in [3.05, 3.63) is 27.1 Å². The molecule has 0 radical (unpaired) electrons. The maximum atomic E-state index is 10.9. The Hall–Kier alpha value is -1.28. The van der Waals surface area contributed by atoms with Crippen molar-refractivity contribution in [2.45, 2.75) is 25.8 Å². The van der Waals surface area contributed by atoms with Crippen molar-refractivity contribution in [2.75, 3.05) is 0 Å². The molecule has 0 saturated heterocycles. The second-order valence-electron chi connectivity index (χ2n) is 4.27. The molecular weight excluding hydrogens is 392 g/mol. The predicted octanol–water partition coefficient (Wildman–Crippen LogP) is 3.29. The van der Waals surface area contributed by atoms with E-state index in [9.17, 15) is 4.79 Å². The fraction of sp³-hybridized carbons (Fsp3) is 0.333. The summed E-state index contributed by atoms with van der Waals surface area (Å²) in [5.74, 6) is -0.311. The summed E-state index contributed by atoms with van der Waals surface area (Å²) < 4.78 is 3.35. The first-order valence-electron chi connectivity index (χ1n) is 5.97. The van der Waals surface area contributed by atoms with E-state index in [0.717, 1.165) is 14.5 Å². The van der Waals surface area contributed by atoms with Crippen LogP contribution in [0, 0.1) is 0 Å². The Morgan fingerprint density at radius 2 is 2.00 bits per heavy atom. The largest absolute Gasteiger partial charge is 0.481 e. The molecule has 20 heavy (non-hydrogen) atoms. The Bertz CT molecular complexity index is 609. The Labute approximate surface area is 132 Å². The van der Waals surface area contributed by atoms with Crippen LogP contribution < -0.4 is 0 Å². The molecule has 2 aromatic rings. The minimum atomic E-state index is -0.867. The molecule has 6 nitrogen and oxygen atoms in total. The van der Waals surface area contributed by atoms with Crippen LogP contribution in [0.4, 0.5) is 0 Å². The maximum absolute atomic E-state index is 10.9. The van der Waals surface area contributed by atoms with Gasteiger partial charge in [0.2, 0.25) is 0 Å². The lowest BCUT2D eigenvalue weighted by molar-refractivity contribution is -0.138. The number of carboxylic acid groups (broad SMARTS) is 1. The van der Waals surface area contributed by atoms with Gasteiger partial charge in [0.1, 0.15) is 0 Å². The average Bonchev–Trinajstić information content (AvgIpc) is 2.83. The Kier molecular flexibility index (Phi) is 4.87. The summed E-state index contributed by atoms with van der Waals surface area (Å²) in [6.45, 7) is 1.91. The number of carbonyl (C=O) groups is 1. The third-order valence-corrected chi connectivity index (χ3v) is 3.76. The number of benzene rings is 1. The Balaban J connectivity index is 2.43. The number of nitrogens with zero attached hydrogens (tertiary/aromatic N) is 4. The summed E-state index contributed by atoms with van der Waals surface area (Å²) in [5.41, 5.74) is 0.820. The number of tetrazole rings is 1. The van der Waals surface area contributed by atoms with Crippen LogP contribution in [0.3, 0.4) is 0 Å². The molecule has 2 rings (SSSR count). The van der Waals surface area contributed by atoms with E-state index in [1.165, 1.54) is 0 Å². The van der Waals surface area contributed by atoms with Gasteiger partial charge in [-0.05, 0) is 35.0 Å². The SMILES string of the molecule is CCC(CC(=O)O)n1nnnc1-c1cc(Br)cc(Br)c1. The molecule has 0 aliphatic rings. The standard InChI is InChI=1S/C12H12Br2N4O2/c1-2-10(6-11(19)20)18-12(15-16-17-18)7-3-8(13)5-9(14)4-7/h3-5,10H,2,6H2,1H3,(H,19,20). The van der Waals surface area contributed by atoms with Gasteiger partial charge in [0, 0.05) is 14.5 Å². The summed E-state index contributed by atoms with van der Waals surface area (Å²) in [6.07, 6.45) is 0.628. The summed E-state index contributed by atoms with van der Waals surface area (Å²) in [4.78, 5) is 10.9. The highest BCUT2D eigenvalue weighted by Crippen LogP contribution is 2.28. The number of hydrogen-bond acceptors (Lipinski definition) is 4. The molecule has 0 aliphatic heterocycles. The number of rotatable bonds is 5. The van der Waals surface area contributed by atoms with Crippen molar-refractivity contribution in [1.29, 1.82) is 0 Å². The molecule has 1 heterocycles. The van der Waals surface area contributed by atoms with Gasteiger partial charge in [-0.1, -0.05) is 38.8 Å². The molecule has 1 aromatic heterocycles. The average molecular weight is 404 g/mol. The van der Waals surface area contributed by atoms with Crippen LogP contribution in [0.1, 0.15) is 25.8 Å². The highest BCUT2D eigenvalue weighted by Gasteiger charge is 2.20. The minimum absolute atomic E-state index is 0.0102. The molecule has 106 valence electrons. The van der Waals surface area contributed by atoms with Gasteiger partial charge in [-0.2, -0.15) is 0 Å². The first kappa shape index (κ1) is 15.1. The van der Waals surface area contributed by atoms with E-state index in [-0.39, 0.29) is 12.5 Å². The van der Waals surface area contributed by atoms with Gasteiger partial charge in [0.25, 0.3) is 0 Å². The van der Waals surface area contributed by atoms with E-state index in [1.807, 2.05) is 25.1 Å². The third-order valence-electron chi connectivity index (χ3n) is 2.84. The molecule has 0 fully saturated rings. The van der Waals surface area contributed by atoms with Crippen molar-refractivity contribution in [2.24, 2.45) is 0 Å². The van der Waals surface area contributed by atoms with Gasteiger partial charge in [-0.25, -0.2) is 4.68 Å². The number of aromatic nitrogens is 4. The van der Waals surface area contributed by atoms with Gasteiger partial charge in [-0.15, -0.1) is 5.10 Å². The fourth-order valence-corrected chi connectivity index (χ4v) is 3.21. The lowest BCUT2D eigenvalue weighted by Gasteiger charge is -2.14. The number of aliphatic carboxylic acids is 1. The summed E-state index contributed by atoms with van der Waals surface area (Å²) in [7, 11) is 0. The van der Waals surface area contributed by atoms with E-state index in [4.69, 9.17) is 5.11 Å². The molecule has 0 spiro atoms. The summed E-state index contributed by atoms with van der Waals surface area (Å²) in [5, 5.41) is 20.6. The van der Waals surface area contributed by atoms with Crippen LogP contribution in [0.15, 0.2) is 27.1 Å². The number of carboxylic acids is 1. The topological polar surface area (TPSA) is 80.9 Å². The zero-order chi connectivity index (χ0) is 14.7. The molecule has 0 saturated carbocycles. The lowest BCUT2D eigenvalue weighted by Crippen LogP contribution is -2.15. The monoisotopic (exact) mass is 402 g/mol. The van der Waals surface area contributed by atoms with E-state index in [1.54, 1.807) is 4.68 Å². The molecule has 0 bridgehead atoms. The third kappa shape index (κ3) is 3.43. The molecule has 1 aromatic carbocycles. The van der Waals surface area contributed by atoms with E-state index < -0.39 is 5.97 Å². The molecular formula is C12H12Br2N4O2. The first-order valence-corrected chi connectivity index (χ1v) is 7.56. The first-order chi connectivity index (χ1) is 9.51.